The topological polar surface area (TPSA) is 102 Å². The van der Waals surface area contributed by atoms with Gasteiger partial charge in [-0.15, -0.1) is 11.3 Å². The number of hydrogen-bond donors (Lipinski definition) is 1. The first kappa shape index (κ1) is 15.6. The van der Waals surface area contributed by atoms with Crippen LogP contribution in [0.5, 0.6) is 0 Å². The summed E-state index contributed by atoms with van der Waals surface area (Å²) in [4.78, 5) is 41.7. The molecule has 1 amide bonds. The Morgan fingerprint density at radius 2 is 2.30 bits per heavy atom. The molecule has 23 heavy (non-hydrogen) atoms. The van der Waals surface area contributed by atoms with Gasteiger partial charge in [0.25, 0.3) is 5.56 Å². The highest BCUT2D eigenvalue weighted by atomic mass is 32.1. The van der Waals surface area contributed by atoms with Crippen molar-refractivity contribution in [2.24, 2.45) is 0 Å². The van der Waals surface area contributed by atoms with E-state index in [9.17, 15) is 14.4 Å². The lowest BCUT2D eigenvalue weighted by Crippen LogP contribution is -2.48. The number of nitrogens with zero attached hydrogens (tertiary/aromatic N) is 3. The maximum Gasteiger partial charge on any atom is 0.334 e. The molecule has 2 aromatic rings. The van der Waals surface area contributed by atoms with Gasteiger partial charge in [-0.05, 0) is 11.4 Å². The van der Waals surface area contributed by atoms with Crippen LogP contribution in [-0.2, 0) is 20.9 Å². The quantitative estimate of drug-likeness (QED) is 0.853. The molecule has 0 radical (unpaired) electrons. The second-order valence-corrected chi connectivity index (χ2v) is 6.06. The van der Waals surface area contributed by atoms with E-state index in [0.717, 1.165) is 0 Å². The Balaban J connectivity index is 1.65. The van der Waals surface area contributed by atoms with Gasteiger partial charge in [-0.25, -0.2) is 9.78 Å². The molecule has 1 N–H and O–H groups in total. The number of hydrogen-bond acceptors (Lipinski definition) is 6. The summed E-state index contributed by atoms with van der Waals surface area (Å²) in [6.07, 6.45) is 0.566. The van der Waals surface area contributed by atoms with Crippen LogP contribution in [0.3, 0.4) is 0 Å². The number of morpholine rings is 1. The van der Waals surface area contributed by atoms with Gasteiger partial charge < -0.3 is 14.7 Å². The third-order valence-corrected chi connectivity index (χ3v) is 4.53. The van der Waals surface area contributed by atoms with E-state index in [1.807, 2.05) is 0 Å². The highest BCUT2D eigenvalue weighted by Crippen LogP contribution is 2.13. The number of aliphatic carboxylic acids is 1. The van der Waals surface area contributed by atoms with Crippen LogP contribution in [0.4, 0.5) is 0 Å². The fraction of sp³-hybridized carbons (Fsp3) is 0.429. The van der Waals surface area contributed by atoms with Gasteiger partial charge in [-0.1, -0.05) is 0 Å². The molecular weight excluding hydrogens is 322 g/mol. The zero-order chi connectivity index (χ0) is 16.4. The van der Waals surface area contributed by atoms with E-state index in [0.29, 0.717) is 16.8 Å². The van der Waals surface area contributed by atoms with Gasteiger partial charge in [0.2, 0.25) is 5.91 Å². The van der Waals surface area contributed by atoms with Gasteiger partial charge in [0.05, 0.1) is 24.9 Å². The van der Waals surface area contributed by atoms with Crippen LogP contribution in [0.25, 0.3) is 10.2 Å². The summed E-state index contributed by atoms with van der Waals surface area (Å²) >= 11 is 1.39. The summed E-state index contributed by atoms with van der Waals surface area (Å²) in [7, 11) is 0. The first-order valence-corrected chi connectivity index (χ1v) is 7.99. The average Bonchev–Trinajstić information content (AvgIpc) is 3.03. The molecule has 0 aromatic carbocycles. The number of rotatable bonds is 4. The predicted molar refractivity (Wildman–Crippen MR) is 82.5 cm³/mol. The maximum absolute atomic E-state index is 12.2. The molecule has 3 heterocycles. The Kier molecular flexibility index (Phi) is 4.39. The average molecular weight is 337 g/mol. The second kappa shape index (κ2) is 6.47. The first-order valence-electron chi connectivity index (χ1n) is 7.11. The number of carboxylic acid groups (broad SMARTS) is 1. The third kappa shape index (κ3) is 3.25. The van der Waals surface area contributed by atoms with Crippen LogP contribution in [0.2, 0.25) is 0 Å². The number of ether oxygens (including phenoxy) is 1. The fourth-order valence-corrected chi connectivity index (χ4v) is 3.18. The van der Waals surface area contributed by atoms with Crippen molar-refractivity contribution in [1.29, 1.82) is 0 Å². The zero-order valence-electron chi connectivity index (χ0n) is 12.2. The van der Waals surface area contributed by atoms with Crippen LogP contribution < -0.4 is 5.56 Å². The molecule has 8 nitrogen and oxygen atoms in total. The van der Waals surface area contributed by atoms with E-state index >= 15 is 0 Å². The second-order valence-electron chi connectivity index (χ2n) is 5.17. The van der Waals surface area contributed by atoms with E-state index in [2.05, 4.69) is 4.98 Å². The highest BCUT2D eigenvalue weighted by Gasteiger charge is 2.28. The smallest absolute Gasteiger partial charge is 0.334 e. The molecule has 1 fully saturated rings. The predicted octanol–water partition coefficient (Wildman–Crippen LogP) is 0.160. The van der Waals surface area contributed by atoms with Crippen molar-refractivity contribution in [3.8, 4) is 0 Å². The Hall–Kier alpha value is -2.26. The molecule has 3 rings (SSSR count). The molecule has 9 heteroatoms. The van der Waals surface area contributed by atoms with Crippen molar-refractivity contribution >= 4 is 33.4 Å². The van der Waals surface area contributed by atoms with Gasteiger partial charge in [0.1, 0.15) is 4.83 Å². The minimum absolute atomic E-state index is 0.0326. The standard InChI is InChI=1S/C14H15N3O5S/c18-11(16-4-5-22-10(7-16)14(20)21)1-3-17-8-15-12-9(13(17)19)2-6-23-12/h2,6,8,10H,1,3-5,7H2,(H,20,21). The normalized spacial score (nSPS) is 18.3. The van der Waals surface area contributed by atoms with Crippen molar-refractivity contribution in [2.75, 3.05) is 19.7 Å². The SMILES string of the molecule is O=C(O)C1CN(C(=O)CCn2cnc3sccc3c2=O)CCO1. The molecule has 0 saturated carbocycles. The van der Waals surface area contributed by atoms with Gasteiger partial charge in [-0.3, -0.25) is 14.2 Å². The number of carbonyl (C=O) groups is 2. The minimum Gasteiger partial charge on any atom is -0.479 e. The molecule has 0 bridgehead atoms. The zero-order valence-corrected chi connectivity index (χ0v) is 13.0. The molecule has 2 aromatic heterocycles. The number of aromatic nitrogens is 2. The third-order valence-electron chi connectivity index (χ3n) is 3.71. The fourth-order valence-electron chi connectivity index (χ4n) is 2.45. The monoisotopic (exact) mass is 337 g/mol. The Morgan fingerprint density at radius 3 is 3.09 bits per heavy atom. The van der Waals surface area contributed by atoms with Crippen molar-refractivity contribution < 1.29 is 19.4 Å². The van der Waals surface area contributed by atoms with Gasteiger partial charge in [-0.2, -0.15) is 0 Å². The highest BCUT2D eigenvalue weighted by molar-refractivity contribution is 7.16. The van der Waals surface area contributed by atoms with Crippen LogP contribution in [-0.4, -0.2) is 57.2 Å². The molecule has 1 unspecified atom stereocenters. The van der Waals surface area contributed by atoms with Crippen molar-refractivity contribution in [3.63, 3.8) is 0 Å². The van der Waals surface area contributed by atoms with E-state index in [1.165, 1.54) is 27.1 Å². The Morgan fingerprint density at radius 1 is 1.48 bits per heavy atom. The van der Waals surface area contributed by atoms with Crippen LogP contribution in [0, 0.1) is 0 Å². The van der Waals surface area contributed by atoms with Crippen LogP contribution in [0.15, 0.2) is 22.6 Å². The summed E-state index contributed by atoms with van der Waals surface area (Å²) in [5.74, 6) is -1.28. The summed E-state index contributed by atoms with van der Waals surface area (Å²) in [5, 5.41) is 11.3. The minimum atomic E-state index is -1.08. The molecule has 122 valence electrons. The number of carbonyl (C=O) groups excluding carboxylic acids is 1. The lowest BCUT2D eigenvalue weighted by atomic mass is 10.2. The molecule has 1 saturated heterocycles. The molecular formula is C14H15N3O5S. The van der Waals surface area contributed by atoms with E-state index in [4.69, 9.17) is 9.84 Å². The first-order chi connectivity index (χ1) is 11.1. The van der Waals surface area contributed by atoms with Crippen LogP contribution in [0.1, 0.15) is 6.42 Å². The molecule has 0 aliphatic carbocycles. The lowest BCUT2D eigenvalue weighted by Gasteiger charge is -2.31. The van der Waals surface area contributed by atoms with Gasteiger partial charge >= 0.3 is 5.97 Å². The molecule has 1 aliphatic rings. The van der Waals surface area contributed by atoms with E-state index in [1.54, 1.807) is 11.4 Å². The van der Waals surface area contributed by atoms with Crippen LogP contribution >= 0.6 is 11.3 Å². The summed E-state index contributed by atoms with van der Waals surface area (Å²) < 4.78 is 6.49. The summed E-state index contributed by atoms with van der Waals surface area (Å²) in [6.45, 7) is 0.806. The number of amides is 1. The van der Waals surface area contributed by atoms with Crippen molar-refractivity contribution in [1.82, 2.24) is 14.5 Å². The number of thiophene rings is 1. The van der Waals surface area contributed by atoms with Crippen molar-refractivity contribution in [2.45, 2.75) is 19.1 Å². The summed E-state index contributed by atoms with van der Waals surface area (Å²) in [5.41, 5.74) is -0.172. The van der Waals surface area contributed by atoms with E-state index in [-0.39, 0.29) is 37.6 Å². The molecule has 0 spiro atoms. The number of fused-ring (bicyclic) bond motifs is 1. The maximum atomic E-state index is 12.2. The molecule has 1 atom stereocenters. The number of carboxylic acids is 1. The summed E-state index contributed by atoms with van der Waals surface area (Å²) in [6, 6.07) is 1.72. The molecule has 1 aliphatic heterocycles. The van der Waals surface area contributed by atoms with Gasteiger partial charge in [0.15, 0.2) is 6.10 Å². The largest absolute Gasteiger partial charge is 0.479 e. The van der Waals surface area contributed by atoms with Crippen molar-refractivity contribution in [3.05, 3.63) is 28.1 Å². The Bertz CT molecular complexity index is 799. The Labute approximate surface area is 134 Å². The number of aryl methyl sites for hydroxylation is 1. The van der Waals surface area contributed by atoms with E-state index < -0.39 is 12.1 Å². The van der Waals surface area contributed by atoms with Gasteiger partial charge in [0, 0.05) is 19.5 Å². The lowest BCUT2D eigenvalue weighted by molar-refractivity contribution is -0.159.